The van der Waals surface area contributed by atoms with E-state index < -0.39 is 0 Å². The molecule has 2 aliphatic heterocycles. The van der Waals surface area contributed by atoms with Crippen LogP contribution in [0.15, 0.2) is 97.1 Å². The maximum absolute atomic E-state index is 13.6. The highest BCUT2D eigenvalue weighted by atomic mass is 32.1. The molecule has 0 spiro atoms. The Hall–Kier alpha value is -3.86. The molecular formula is C32H16F2S2. The molecule has 0 radical (unpaired) electrons. The van der Waals surface area contributed by atoms with Crippen molar-refractivity contribution in [2.75, 3.05) is 0 Å². The molecule has 6 aromatic rings. The zero-order valence-electron chi connectivity index (χ0n) is 18.8. The lowest BCUT2D eigenvalue weighted by Crippen LogP contribution is -1.94. The molecule has 0 unspecified atom stereocenters. The van der Waals surface area contributed by atoms with E-state index in [1.807, 2.05) is 46.9 Å². The summed E-state index contributed by atoms with van der Waals surface area (Å²) < 4.78 is 32.3. The van der Waals surface area contributed by atoms with Crippen LogP contribution in [0, 0.1) is 11.6 Å². The van der Waals surface area contributed by atoms with Gasteiger partial charge in [0, 0.05) is 40.7 Å². The smallest absolute Gasteiger partial charge is 0.123 e. The largest absolute Gasteiger partial charge is 0.207 e. The van der Waals surface area contributed by atoms with Crippen LogP contribution >= 0.6 is 22.7 Å². The van der Waals surface area contributed by atoms with E-state index in [-0.39, 0.29) is 11.6 Å². The topological polar surface area (TPSA) is 0 Å². The summed E-state index contributed by atoms with van der Waals surface area (Å²) in [7, 11) is 0. The maximum atomic E-state index is 13.6. The van der Waals surface area contributed by atoms with E-state index in [9.17, 15) is 8.78 Å². The monoisotopic (exact) mass is 502 g/mol. The van der Waals surface area contributed by atoms with Gasteiger partial charge in [0.2, 0.25) is 0 Å². The van der Waals surface area contributed by atoms with Gasteiger partial charge in [-0.1, -0.05) is 48.5 Å². The van der Waals surface area contributed by atoms with Gasteiger partial charge in [0.15, 0.2) is 0 Å². The van der Waals surface area contributed by atoms with E-state index in [4.69, 9.17) is 0 Å². The highest BCUT2D eigenvalue weighted by Crippen LogP contribution is 2.53. The molecule has 8 rings (SSSR count). The Morgan fingerprint density at radius 2 is 0.778 bits per heavy atom. The van der Waals surface area contributed by atoms with Gasteiger partial charge in [-0.25, -0.2) is 8.78 Å². The van der Waals surface area contributed by atoms with Gasteiger partial charge in [0.1, 0.15) is 11.6 Å². The average molecular weight is 503 g/mol. The molecule has 4 heteroatoms. The lowest BCUT2D eigenvalue weighted by Gasteiger charge is -2.22. The van der Waals surface area contributed by atoms with Gasteiger partial charge < -0.3 is 0 Å². The first kappa shape index (κ1) is 20.3. The Balaban J connectivity index is 1.50. The summed E-state index contributed by atoms with van der Waals surface area (Å²) in [6.45, 7) is 0. The van der Waals surface area contributed by atoms with Crippen LogP contribution < -0.4 is 0 Å². The molecule has 0 amide bonds. The molecule has 2 aliphatic rings. The lowest BCUT2D eigenvalue weighted by atomic mass is 9.88. The SMILES string of the molecule is Fc1ccc(-c2ccc3sc4ccc5c(-c6ccc(F)cc6)ccc6sc7ccc2c3c7-c4c65)cc1. The van der Waals surface area contributed by atoms with Crippen LogP contribution in [0.4, 0.5) is 8.78 Å². The van der Waals surface area contributed by atoms with Crippen LogP contribution in [-0.2, 0) is 0 Å². The quantitative estimate of drug-likeness (QED) is 0.163. The molecular weight excluding hydrogens is 486 g/mol. The van der Waals surface area contributed by atoms with Crippen molar-refractivity contribution in [3.05, 3.63) is 109 Å². The summed E-state index contributed by atoms with van der Waals surface area (Å²) in [6.07, 6.45) is 0. The first-order valence-corrected chi connectivity index (χ1v) is 13.4. The van der Waals surface area contributed by atoms with E-state index in [1.165, 1.54) is 75.7 Å². The fraction of sp³-hybridized carbons (Fsp3) is 0. The molecule has 0 saturated heterocycles. The third-order valence-electron chi connectivity index (χ3n) is 7.21. The van der Waals surface area contributed by atoms with Gasteiger partial charge in [-0.05, 0) is 81.6 Å². The molecule has 0 aliphatic carbocycles. The van der Waals surface area contributed by atoms with Crippen LogP contribution in [0.2, 0.25) is 0 Å². The number of benzene rings is 6. The van der Waals surface area contributed by atoms with Crippen molar-refractivity contribution in [3.8, 4) is 33.4 Å². The van der Waals surface area contributed by atoms with Crippen LogP contribution in [0.3, 0.4) is 0 Å². The van der Waals surface area contributed by atoms with Gasteiger partial charge >= 0.3 is 0 Å². The summed E-state index contributed by atoms with van der Waals surface area (Å²) in [6, 6.07) is 31.1. The molecule has 0 nitrogen and oxygen atoms in total. The second kappa shape index (κ2) is 7.33. The molecule has 2 heterocycles. The highest BCUT2D eigenvalue weighted by Gasteiger charge is 2.24. The fourth-order valence-corrected chi connectivity index (χ4v) is 7.89. The number of hydrogen-bond donors (Lipinski definition) is 0. The second-order valence-electron chi connectivity index (χ2n) is 9.16. The zero-order chi connectivity index (χ0) is 24.0. The van der Waals surface area contributed by atoms with Gasteiger partial charge in [0.05, 0.1) is 0 Å². The predicted octanol–water partition coefficient (Wildman–Crippen LogP) is 10.6. The fourth-order valence-electron chi connectivity index (χ4n) is 5.63. The van der Waals surface area contributed by atoms with Crippen molar-refractivity contribution in [3.63, 3.8) is 0 Å². The van der Waals surface area contributed by atoms with E-state index >= 15 is 0 Å². The summed E-state index contributed by atoms with van der Waals surface area (Å²) in [5, 5.41) is 4.91. The molecule has 6 aromatic carbocycles. The minimum atomic E-state index is -0.227. The van der Waals surface area contributed by atoms with Crippen LogP contribution in [0.1, 0.15) is 0 Å². The van der Waals surface area contributed by atoms with Gasteiger partial charge in [0.25, 0.3) is 0 Å². The first-order valence-electron chi connectivity index (χ1n) is 11.7. The van der Waals surface area contributed by atoms with Crippen LogP contribution in [0.25, 0.3) is 73.7 Å². The van der Waals surface area contributed by atoms with Crippen molar-refractivity contribution in [1.82, 2.24) is 0 Å². The minimum absolute atomic E-state index is 0.227. The highest BCUT2D eigenvalue weighted by molar-refractivity contribution is 7.27. The summed E-state index contributed by atoms with van der Waals surface area (Å²) in [5.41, 5.74) is 6.84. The van der Waals surface area contributed by atoms with Crippen molar-refractivity contribution in [2.45, 2.75) is 0 Å². The van der Waals surface area contributed by atoms with E-state index in [0.29, 0.717) is 0 Å². The number of rotatable bonds is 2. The zero-order valence-corrected chi connectivity index (χ0v) is 20.4. The standard InChI is InChI=1S/C32H16F2S2/c33-19-5-1-17(2-6-19)21-9-13-25-29-23(21)11-15-27-31(29)32-28(35-25)16-12-24-22(10-14-26(36-27)30(24)32)18-3-7-20(34)8-4-18/h1-16H. The minimum Gasteiger partial charge on any atom is -0.207 e. The molecule has 0 saturated carbocycles. The Bertz CT molecular complexity index is 1890. The summed E-state index contributed by atoms with van der Waals surface area (Å²) in [5.74, 6) is -0.454. The van der Waals surface area contributed by atoms with E-state index in [2.05, 4.69) is 48.5 Å². The van der Waals surface area contributed by atoms with Gasteiger partial charge in [-0.2, -0.15) is 0 Å². The van der Waals surface area contributed by atoms with Crippen LogP contribution in [-0.4, -0.2) is 0 Å². The Morgan fingerprint density at radius 1 is 0.389 bits per heavy atom. The van der Waals surface area contributed by atoms with Crippen LogP contribution in [0.5, 0.6) is 0 Å². The van der Waals surface area contributed by atoms with E-state index in [1.54, 1.807) is 0 Å². The molecule has 0 N–H and O–H groups in total. The average Bonchev–Trinajstić information content (AvgIpc) is 2.91. The van der Waals surface area contributed by atoms with Crippen molar-refractivity contribution in [1.29, 1.82) is 0 Å². The molecule has 0 bridgehead atoms. The summed E-state index contributed by atoms with van der Waals surface area (Å²) >= 11 is 3.63. The third kappa shape index (κ3) is 2.77. The molecule has 170 valence electrons. The Labute approximate surface area is 213 Å². The molecule has 0 aromatic heterocycles. The first-order chi connectivity index (χ1) is 17.7. The van der Waals surface area contributed by atoms with Gasteiger partial charge in [-0.3, -0.25) is 0 Å². The second-order valence-corrected chi connectivity index (χ2v) is 11.3. The van der Waals surface area contributed by atoms with E-state index in [0.717, 1.165) is 22.3 Å². The van der Waals surface area contributed by atoms with Crippen molar-refractivity contribution in [2.24, 2.45) is 0 Å². The predicted molar refractivity (Wildman–Crippen MR) is 151 cm³/mol. The van der Waals surface area contributed by atoms with Crippen molar-refractivity contribution < 1.29 is 8.78 Å². The normalized spacial score (nSPS) is 12.2. The molecule has 36 heavy (non-hydrogen) atoms. The Kier molecular flexibility index (Phi) is 4.14. The lowest BCUT2D eigenvalue weighted by molar-refractivity contribution is 0.627. The summed E-state index contributed by atoms with van der Waals surface area (Å²) in [4.78, 5) is 0. The van der Waals surface area contributed by atoms with Gasteiger partial charge in [-0.15, -0.1) is 22.7 Å². The Morgan fingerprint density at radius 3 is 1.19 bits per heavy atom. The maximum Gasteiger partial charge on any atom is 0.123 e. The molecule has 0 atom stereocenters. The van der Waals surface area contributed by atoms with Crippen molar-refractivity contribution >= 4 is 63.0 Å². The number of halogens is 2. The number of hydrogen-bond acceptors (Lipinski definition) is 2. The molecule has 0 fully saturated rings. The third-order valence-corrected chi connectivity index (χ3v) is 9.45.